The van der Waals surface area contributed by atoms with E-state index in [1.165, 1.54) is 10.8 Å². The van der Waals surface area contributed by atoms with Gasteiger partial charge in [0.15, 0.2) is 6.20 Å². The number of hydrogen-bond acceptors (Lipinski definition) is 3. The van der Waals surface area contributed by atoms with Crippen LogP contribution in [-0.2, 0) is 11.3 Å². The van der Waals surface area contributed by atoms with Crippen LogP contribution in [0.3, 0.4) is 0 Å². The van der Waals surface area contributed by atoms with Gasteiger partial charge in [0.05, 0.1) is 0 Å². The highest BCUT2D eigenvalue weighted by atomic mass is 79.9. The number of carbonyl (C=O) groups is 1. The molecule has 0 fully saturated rings. The van der Waals surface area contributed by atoms with Gasteiger partial charge in [-0.05, 0) is 24.3 Å². The minimum atomic E-state index is -0.531. The van der Waals surface area contributed by atoms with Crippen LogP contribution in [0.25, 0.3) is 0 Å². The quantitative estimate of drug-likeness (QED) is 0.506. The van der Waals surface area contributed by atoms with Crippen molar-refractivity contribution >= 4 is 33.3 Å². The molecule has 0 saturated carbocycles. The maximum absolute atomic E-state index is 11.9. The lowest BCUT2D eigenvalue weighted by molar-refractivity contribution is -0.728. The summed E-state index contributed by atoms with van der Waals surface area (Å²) < 4.78 is 2.22. The highest BCUT2D eigenvalue weighted by molar-refractivity contribution is 9.10. The number of rotatable bonds is 4. The fraction of sp³-hybridized carbons (Fsp3) is 0.167. The number of H-pyrrole nitrogens is 1. The normalized spacial score (nSPS) is 10.3. The monoisotopic (exact) mass is 339 g/mol. The van der Waals surface area contributed by atoms with Crippen molar-refractivity contribution in [3.8, 4) is 0 Å². The van der Waals surface area contributed by atoms with Crippen molar-refractivity contribution in [3.05, 3.63) is 50.9 Å². The Bertz CT molecular complexity index is 651. The zero-order valence-corrected chi connectivity index (χ0v) is 12.2. The Kier molecular flexibility index (Phi) is 4.14. The largest absolute Gasteiger partial charge is 0.519 e. The summed E-state index contributed by atoms with van der Waals surface area (Å²) in [6.07, 6.45) is 1.27. The highest BCUT2D eigenvalue weighted by Gasteiger charge is 2.28. The number of aryl methyl sites for hydroxylation is 1. The van der Waals surface area contributed by atoms with Gasteiger partial charge in [-0.25, -0.2) is 0 Å². The second-order valence-electron chi connectivity index (χ2n) is 4.13. The summed E-state index contributed by atoms with van der Waals surface area (Å²) in [4.78, 5) is 25.0. The van der Waals surface area contributed by atoms with E-state index in [1.807, 2.05) is 0 Å². The zero-order valence-electron chi connectivity index (χ0n) is 10.6. The molecule has 8 heteroatoms. The first kappa shape index (κ1) is 14.2. The van der Waals surface area contributed by atoms with E-state index in [0.29, 0.717) is 11.5 Å². The summed E-state index contributed by atoms with van der Waals surface area (Å²) in [7, 11) is 0. The molecule has 104 valence electrons. The Labute approximate surface area is 122 Å². The van der Waals surface area contributed by atoms with E-state index in [2.05, 4.69) is 26.2 Å². The SMILES string of the molecule is Cc1[nH]cc([N+](=O)[O-])[n+]1CC(=O)Nc1ccc(Br)cc1. The second-order valence-corrected chi connectivity index (χ2v) is 5.05. The molecule has 1 heterocycles. The zero-order chi connectivity index (χ0) is 14.7. The number of hydrogen-bond donors (Lipinski definition) is 2. The topological polar surface area (TPSA) is 91.9 Å². The molecule has 0 aliphatic carbocycles. The van der Waals surface area contributed by atoms with Gasteiger partial charge in [0.25, 0.3) is 11.7 Å². The molecule has 0 atom stereocenters. The lowest BCUT2D eigenvalue weighted by Gasteiger charge is -2.02. The van der Waals surface area contributed by atoms with E-state index >= 15 is 0 Å². The van der Waals surface area contributed by atoms with Crippen molar-refractivity contribution in [2.75, 3.05) is 5.32 Å². The van der Waals surface area contributed by atoms with Crippen molar-refractivity contribution in [3.63, 3.8) is 0 Å². The van der Waals surface area contributed by atoms with Gasteiger partial charge in [-0.2, -0.15) is 0 Å². The first-order chi connectivity index (χ1) is 9.47. The molecule has 1 amide bonds. The molecule has 1 aromatic carbocycles. The van der Waals surface area contributed by atoms with Gasteiger partial charge in [-0.15, -0.1) is 4.57 Å². The molecule has 7 nitrogen and oxygen atoms in total. The molecule has 0 spiro atoms. The molecule has 2 N–H and O–H groups in total. The van der Waals surface area contributed by atoms with Crippen molar-refractivity contribution in [2.45, 2.75) is 13.5 Å². The summed E-state index contributed by atoms with van der Waals surface area (Å²) in [5, 5.41) is 13.5. The van der Waals surface area contributed by atoms with Crippen LogP contribution in [0, 0.1) is 17.0 Å². The first-order valence-electron chi connectivity index (χ1n) is 5.75. The van der Waals surface area contributed by atoms with Gasteiger partial charge >= 0.3 is 5.82 Å². The first-order valence-corrected chi connectivity index (χ1v) is 6.54. The van der Waals surface area contributed by atoms with Crippen molar-refractivity contribution in [1.82, 2.24) is 4.98 Å². The summed E-state index contributed by atoms with van der Waals surface area (Å²) >= 11 is 3.30. The van der Waals surface area contributed by atoms with Crippen LogP contribution in [0.15, 0.2) is 34.9 Å². The van der Waals surface area contributed by atoms with Crippen LogP contribution in [0.5, 0.6) is 0 Å². The highest BCUT2D eigenvalue weighted by Crippen LogP contribution is 2.14. The van der Waals surface area contributed by atoms with Crippen LogP contribution in [0.2, 0.25) is 0 Å². The molecule has 0 radical (unpaired) electrons. The maximum Gasteiger partial charge on any atom is 0.519 e. The Hall–Kier alpha value is -2.22. The van der Waals surface area contributed by atoms with Crippen LogP contribution < -0.4 is 9.88 Å². The number of benzene rings is 1. The summed E-state index contributed by atoms with van der Waals surface area (Å²) in [5.74, 6) is 0.0687. The molecule has 2 aromatic rings. The molecule has 1 aromatic heterocycles. The number of nitro groups is 1. The minimum absolute atomic E-state index is 0.123. The van der Waals surface area contributed by atoms with Gasteiger partial charge in [0.1, 0.15) is 4.92 Å². The molecule has 0 aliphatic heterocycles. The van der Waals surface area contributed by atoms with Gasteiger partial charge in [0.2, 0.25) is 6.54 Å². The number of aromatic amines is 1. The van der Waals surface area contributed by atoms with Crippen LogP contribution >= 0.6 is 15.9 Å². The Balaban J connectivity index is 2.10. The summed E-state index contributed by atoms with van der Waals surface area (Å²) in [6.45, 7) is 1.54. The number of carbonyl (C=O) groups excluding carboxylic acids is 1. The lowest BCUT2D eigenvalue weighted by atomic mass is 10.3. The number of amides is 1. The standard InChI is InChI=1S/C12H11BrN4O3/c1-8-14-6-12(17(19)20)16(8)7-11(18)15-10-4-2-9(13)3-5-10/h2-6H,7H2,1H3,(H,15,18)/p+1. The third-order valence-electron chi connectivity index (χ3n) is 2.71. The smallest absolute Gasteiger partial charge is 0.321 e. The number of nitrogens with one attached hydrogen (secondary N) is 2. The van der Waals surface area contributed by atoms with Crippen molar-refractivity contribution < 1.29 is 14.3 Å². The predicted octanol–water partition coefficient (Wildman–Crippen LogP) is 1.92. The van der Waals surface area contributed by atoms with Crippen molar-refractivity contribution in [1.29, 1.82) is 0 Å². The number of anilines is 1. The number of halogens is 1. The number of imidazole rings is 1. The average Bonchev–Trinajstić information content (AvgIpc) is 2.74. The fourth-order valence-electron chi connectivity index (χ4n) is 1.72. The average molecular weight is 340 g/mol. The van der Waals surface area contributed by atoms with E-state index in [0.717, 1.165) is 4.47 Å². The molecule has 0 aliphatic rings. The van der Waals surface area contributed by atoms with E-state index in [-0.39, 0.29) is 18.3 Å². The Morgan fingerprint density at radius 3 is 2.70 bits per heavy atom. The molecule has 0 bridgehead atoms. The Morgan fingerprint density at radius 2 is 2.10 bits per heavy atom. The lowest BCUT2D eigenvalue weighted by Crippen LogP contribution is -2.43. The van der Waals surface area contributed by atoms with E-state index < -0.39 is 4.92 Å². The molecule has 0 saturated heterocycles. The number of aromatic nitrogens is 2. The minimum Gasteiger partial charge on any atom is -0.321 e. The van der Waals surface area contributed by atoms with Crippen LogP contribution in [0.1, 0.15) is 5.82 Å². The van der Waals surface area contributed by atoms with E-state index in [4.69, 9.17) is 0 Å². The number of nitrogens with zero attached hydrogens (tertiary/aromatic N) is 2. The van der Waals surface area contributed by atoms with Gasteiger partial charge in [0, 0.05) is 17.1 Å². The van der Waals surface area contributed by atoms with Gasteiger partial charge < -0.3 is 10.3 Å². The molecule has 20 heavy (non-hydrogen) atoms. The van der Waals surface area contributed by atoms with Gasteiger partial charge in [-0.1, -0.05) is 15.9 Å². The van der Waals surface area contributed by atoms with Crippen LogP contribution in [0.4, 0.5) is 11.5 Å². The van der Waals surface area contributed by atoms with Crippen LogP contribution in [-0.4, -0.2) is 15.8 Å². The predicted molar refractivity (Wildman–Crippen MR) is 75.2 cm³/mol. The fourth-order valence-corrected chi connectivity index (χ4v) is 1.99. The summed E-state index contributed by atoms with van der Waals surface area (Å²) in [6, 6.07) is 7.08. The molecular formula is C12H12BrN4O3+. The van der Waals surface area contributed by atoms with E-state index in [1.54, 1.807) is 31.2 Å². The molecule has 0 unspecified atom stereocenters. The van der Waals surface area contributed by atoms with E-state index in [9.17, 15) is 14.9 Å². The summed E-state index contributed by atoms with van der Waals surface area (Å²) in [5.41, 5.74) is 0.634. The third kappa shape index (κ3) is 3.21. The molecule has 2 rings (SSSR count). The molecular weight excluding hydrogens is 328 g/mol. The second kappa shape index (κ2) is 5.83. The third-order valence-corrected chi connectivity index (χ3v) is 3.24. The van der Waals surface area contributed by atoms with Gasteiger partial charge in [-0.3, -0.25) is 14.9 Å². The van der Waals surface area contributed by atoms with Crippen molar-refractivity contribution in [2.24, 2.45) is 0 Å². The maximum atomic E-state index is 11.9. The Morgan fingerprint density at radius 1 is 1.45 bits per heavy atom.